The molecule has 1 aliphatic rings. The summed E-state index contributed by atoms with van der Waals surface area (Å²) in [6.07, 6.45) is 2.47. The van der Waals surface area contributed by atoms with Crippen LogP contribution in [0, 0.1) is 0 Å². The van der Waals surface area contributed by atoms with Gasteiger partial charge in [-0.3, -0.25) is 4.79 Å². The normalized spacial score (nSPS) is 13.3. The first-order valence-corrected chi connectivity index (χ1v) is 13.3. The molecule has 5 rings (SSSR count). The van der Waals surface area contributed by atoms with E-state index in [-0.39, 0.29) is 18.3 Å². The predicted octanol–water partition coefficient (Wildman–Crippen LogP) is 6.26. The van der Waals surface area contributed by atoms with Crippen molar-refractivity contribution < 1.29 is 18.9 Å². The fourth-order valence-electron chi connectivity index (χ4n) is 4.09. The summed E-state index contributed by atoms with van der Waals surface area (Å²) in [5, 5.41) is 5.07. The third-order valence-corrected chi connectivity index (χ3v) is 6.80. The zero-order valence-electron chi connectivity index (χ0n) is 21.4. The van der Waals surface area contributed by atoms with Gasteiger partial charge >= 0.3 is 0 Å². The number of fused-ring (bicyclic) bond motifs is 2. The molecule has 0 spiro atoms. The molecule has 9 heteroatoms. The molecule has 0 unspecified atom stereocenters. The second-order valence-electron chi connectivity index (χ2n) is 8.92. The summed E-state index contributed by atoms with van der Waals surface area (Å²) in [7, 11) is 0. The third kappa shape index (κ3) is 5.38. The molecule has 1 aliphatic heterocycles. The maximum Gasteiger partial charge on any atom is 0.282 e. The van der Waals surface area contributed by atoms with Crippen LogP contribution in [0.4, 0.5) is 0 Å². The van der Waals surface area contributed by atoms with Gasteiger partial charge in [-0.1, -0.05) is 35.8 Å². The maximum atomic E-state index is 13.4. The van der Waals surface area contributed by atoms with E-state index < -0.39 is 0 Å². The van der Waals surface area contributed by atoms with Gasteiger partial charge in [0, 0.05) is 10.4 Å². The molecule has 196 valence electrons. The van der Waals surface area contributed by atoms with Crippen molar-refractivity contribution in [2.24, 2.45) is 5.10 Å². The second kappa shape index (κ2) is 11.3. The molecule has 2 heterocycles. The number of ether oxygens (including phenoxy) is 4. The van der Waals surface area contributed by atoms with Gasteiger partial charge in [-0.25, -0.2) is 4.98 Å². The highest BCUT2D eigenvalue weighted by atomic mass is 79.9. The first-order valence-electron chi connectivity index (χ1n) is 12.5. The number of rotatable bonds is 9. The average molecular weight is 578 g/mol. The lowest BCUT2D eigenvalue weighted by molar-refractivity contribution is 0.174. The maximum absolute atomic E-state index is 13.4. The Morgan fingerprint density at radius 2 is 1.89 bits per heavy atom. The van der Waals surface area contributed by atoms with Crippen molar-refractivity contribution >= 4 is 33.0 Å². The van der Waals surface area contributed by atoms with Crippen molar-refractivity contribution in [2.75, 3.05) is 13.4 Å². The Kier molecular flexibility index (Phi) is 7.64. The fraction of sp³-hybridized carbons (Fsp3) is 0.276. The van der Waals surface area contributed by atoms with Gasteiger partial charge in [-0.05, 0) is 73.0 Å². The molecule has 1 aromatic heterocycles. The number of hydrogen-bond donors (Lipinski definition) is 0. The van der Waals surface area contributed by atoms with Crippen LogP contribution in [0.25, 0.3) is 10.9 Å². The Labute approximate surface area is 229 Å². The third-order valence-electron chi connectivity index (χ3n) is 6.31. The van der Waals surface area contributed by atoms with Gasteiger partial charge < -0.3 is 18.9 Å². The van der Waals surface area contributed by atoms with Gasteiger partial charge in [-0.15, -0.1) is 0 Å². The molecule has 0 saturated heterocycles. The van der Waals surface area contributed by atoms with Crippen LogP contribution in [0.5, 0.6) is 23.0 Å². The molecule has 1 atom stereocenters. The number of aromatic nitrogens is 2. The molecular weight excluding hydrogens is 550 g/mol. The summed E-state index contributed by atoms with van der Waals surface area (Å²) >= 11 is 3.45. The minimum atomic E-state index is -0.212. The average Bonchev–Trinajstić information content (AvgIpc) is 3.40. The topological polar surface area (TPSA) is 84.2 Å². The van der Waals surface area contributed by atoms with E-state index in [1.165, 1.54) is 4.68 Å². The van der Waals surface area contributed by atoms with Gasteiger partial charge in [0.25, 0.3) is 5.56 Å². The minimum absolute atomic E-state index is 0.0545. The Bertz CT molecular complexity index is 1570. The van der Waals surface area contributed by atoms with Crippen LogP contribution in [0.3, 0.4) is 0 Å². The summed E-state index contributed by atoms with van der Waals surface area (Å²) in [5.41, 5.74) is 2.16. The quantitative estimate of drug-likeness (QED) is 0.218. The van der Waals surface area contributed by atoms with E-state index in [9.17, 15) is 4.79 Å². The van der Waals surface area contributed by atoms with E-state index >= 15 is 0 Å². The molecule has 0 fully saturated rings. The Hall–Kier alpha value is -3.85. The van der Waals surface area contributed by atoms with Crippen molar-refractivity contribution in [3.63, 3.8) is 0 Å². The van der Waals surface area contributed by atoms with Crippen LogP contribution in [0.1, 0.15) is 50.1 Å². The van der Waals surface area contributed by atoms with Crippen molar-refractivity contribution in [1.82, 2.24) is 9.66 Å². The molecule has 38 heavy (non-hydrogen) atoms. The molecular formula is C29H28BrN3O5. The van der Waals surface area contributed by atoms with Crippen molar-refractivity contribution in [1.29, 1.82) is 0 Å². The molecule has 0 radical (unpaired) electrons. The monoisotopic (exact) mass is 577 g/mol. The van der Waals surface area contributed by atoms with E-state index in [2.05, 4.69) is 28.0 Å². The smallest absolute Gasteiger partial charge is 0.282 e. The van der Waals surface area contributed by atoms with Gasteiger partial charge in [0.15, 0.2) is 23.0 Å². The van der Waals surface area contributed by atoms with E-state index in [1.54, 1.807) is 12.3 Å². The highest BCUT2D eigenvalue weighted by Crippen LogP contribution is 2.34. The van der Waals surface area contributed by atoms with Crippen LogP contribution in [0.2, 0.25) is 0 Å². The summed E-state index contributed by atoms with van der Waals surface area (Å²) in [5.74, 6) is 3.32. The largest absolute Gasteiger partial charge is 0.490 e. The van der Waals surface area contributed by atoms with Crippen LogP contribution >= 0.6 is 15.9 Å². The molecule has 0 N–H and O–H groups in total. The highest BCUT2D eigenvalue weighted by molar-refractivity contribution is 9.10. The van der Waals surface area contributed by atoms with E-state index in [1.807, 2.05) is 62.4 Å². The standard InChI is InChI=1S/C29H28BrN3O5/c1-4-18(3)28-32-23-9-8-21(30)14-22(23)29(34)33(28)31-15-19-6-10-24(26(12-19)35-5-2)36-16-20-7-11-25-27(13-20)38-17-37-25/h6-15,18H,4-5,16-17H2,1-3H3/t18-/m1/s1. The Morgan fingerprint density at radius 1 is 1.05 bits per heavy atom. The molecule has 0 aliphatic carbocycles. The SMILES string of the molecule is CCOc1cc(C=Nn2c([C@H](C)CC)nc3ccc(Br)cc3c2=O)ccc1OCc1ccc2c(c1)OCO2. The summed E-state index contributed by atoms with van der Waals surface area (Å²) < 4.78 is 24.9. The molecule has 0 amide bonds. The predicted molar refractivity (Wildman–Crippen MR) is 150 cm³/mol. The second-order valence-corrected chi connectivity index (χ2v) is 9.83. The lowest BCUT2D eigenvalue weighted by atomic mass is 10.1. The van der Waals surface area contributed by atoms with Crippen LogP contribution in [0.15, 0.2) is 69.0 Å². The summed E-state index contributed by atoms with van der Waals surface area (Å²) in [6.45, 7) is 7.07. The lowest BCUT2D eigenvalue weighted by Gasteiger charge is -2.14. The van der Waals surface area contributed by atoms with Crippen molar-refractivity contribution in [3.05, 3.63) is 86.4 Å². The number of benzene rings is 3. The zero-order valence-corrected chi connectivity index (χ0v) is 23.0. The molecule has 4 aromatic rings. The number of nitrogens with zero attached hydrogens (tertiary/aromatic N) is 3. The minimum Gasteiger partial charge on any atom is -0.490 e. The van der Waals surface area contributed by atoms with Gasteiger partial charge in [0.05, 0.1) is 23.7 Å². The van der Waals surface area contributed by atoms with E-state index in [0.29, 0.717) is 47.2 Å². The number of hydrogen-bond acceptors (Lipinski definition) is 7. The van der Waals surface area contributed by atoms with E-state index in [4.69, 9.17) is 23.9 Å². The molecule has 0 saturated carbocycles. The summed E-state index contributed by atoms with van der Waals surface area (Å²) in [6, 6.07) is 16.8. The fourth-order valence-corrected chi connectivity index (χ4v) is 4.45. The Balaban J connectivity index is 1.43. The van der Waals surface area contributed by atoms with Crippen LogP contribution < -0.4 is 24.5 Å². The van der Waals surface area contributed by atoms with Gasteiger partial charge in [-0.2, -0.15) is 9.78 Å². The highest BCUT2D eigenvalue weighted by Gasteiger charge is 2.16. The van der Waals surface area contributed by atoms with Crippen LogP contribution in [-0.2, 0) is 6.61 Å². The first kappa shape index (κ1) is 25.8. The zero-order chi connectivity index (χ0) is 26.6. The summed E-state index contributed by atoms with van der Waals surface area (Å²) in [4.78, 5) is 18.1. The first-order chi connectivity index (χ1) is 18.5. The van der Waals surface area contributed by atoms with Crippen molar-refractivity contribution in [3.8, 4) is 23.0 Å². The molecule has 0 bridgehead atoms. The van der Waals surface area contributed by atoms with E-state index in [0.717, 1.165) is 27.8 Å². The van der Waals surface area contributed by atoms with Crippen molar-refractivity contribution in [2.45, 2.75) is 39.7 Å². The van der Waals surface area contributed by atoms with Gasteiger partial charge in [0.2, 0.25) is 6.79 Å². The van der Waals surface area contributed by atoms with Gasteiger partial charge in [0.1, 0.15) is 12.4 Å². The van der Waals surface area contributed by atoms with Crippen LogP contribution in [-0.4, -0.2) is 29.3 Å². The lowest BCUT2D eigenvalue weighted by Crippen LogP contribution is -2.23. The molecule has 8 nitrogen and oxygen atoms in total. The molecule has 3 aromatic carbocycles. The number of halogens is 1. The Morgan fingerprint density at radius 3 is 2.71 bits per heavy atom.